The Hall–Kier alpha value is -8.94. The van der Waals surface area contributed by atoms with Crippen LogP contribution in [0, 0.1) is 0 Å². The Morgan fingerprint density at radius 3 is 1.29 bits per heavy atom. The Morgan fingerprint density at radius 2 is 0.723 bits per heavy atom. The summed E-state index contributed by atoms with van der Waals surface area (Å²) in [6.07, 6.45) is 0. The van der Waals surface area contributed by atoms with E-state index in [0.717, 1.165) is 88.4 Å². The van der Waals surface area contributed by atoms with E-state index in [1.165, 1.54) is 11.1 Å². The second kappa shape index (κ2) is 14.9. The van der Waals surface area contributed by atoms with E-state index in [4.69, 9.17) is 19.9 Å². The van der Waals surface area contributed by atoms with Crippen LogP contribution in [0.15, 0.2) is 224 Å². The van der Waals surface area contributed by atoms with Crippen LogP contribution >= 0.6 is 0 Å². The number of aromatic nitrogens is 7. The highest BCUT2D eigenvalue weighted by Crippen LogP contribution is 2.38. The van der Waals surface area contributed by atoms with Crippen LogP contribution in [0.2, 0.25) is 0 Å². The lowest BCUT2D eigenvalue weighted by Gasteiger charge is -2.14. The molecule has 13 aromatic rings. The molecule has 7 heteroatoms. The number of hydrogen-bond acceptors (Lipinski definition) is 4. The van der Waals surface area contributed by atoms with Crippen molar-refractivity contribution in [2.24, 2.45) is 0 Å². The van der Waals surface area contributed by atoms with E-state index in [-0.39, 0.29) is 0 Å². The summed E-state index contributed by atoms with van der Waals surface area (Å²) in [5.74, 6) is 2.47. The Labute approximate surface area is 373 Å². The van der Waals surface area contributed by atoms with Crippen LogP contribution in [-0.4, -0.2) is 33.6 Å². The molecule has 0 spiro atoms. The van der Waals surface area contributed by atoms with Crippen molar-refractivity contribution in [3.8, 4) is 62.6 Å². The molecular formula is C58H37N7. The van der Waals surface area contributed by atoms with Gasteiger partial charge < -0.3 is 0 Å². The summed E-state index contributed by atoms with van der Waals surface area (Å²) in [6.45, 7) is 0. The van der Waals surface area contributed by atoms with Gasteiger partial charge in [-0.1, -0.05) is 164 Å². The maximum atomic E-state index is 5.46. The molecule has 0 N–H and O–H groups in total. The first-order valence-electron chi connectivity index (χ1n) is 21.8. The molecule has 65 heavy (non-hydrogen) atoms. The zero-order chi connectivity index (χ0) is 42.8. The number of para-hydroxylation sites is 4. The molecule has 0 saturated heterocycles. The molecule has 0 aliphatic heterocycles. The van der Waals surface area contributed by atoms with Crippen LogP contribution < -0.4 is 0 Å². The molecule has 304 valence electrons. The van der Waals surface area contributed by atoms with E-state index in [0.29, 0.717) is 17.7 Å². The third kappa shape index (κ3) is 6.05. The van der Waals surface area contributed by atoms with Crippen molar-refractivity contribution in [1.82, 2.24) is 33.6 Å². The molecule has 13 rings (SSSR count). The standard InChI is InChI=1S/C58H37N7/c1-4-17-38(18-5-1)41-31-33-52-47(36-41)45-25-10-13-28-50(45)64(52)57-60-55(43-23-16-24-44(35-43)63-54-30-15-12-27-49(54)59-56(63)40-21-8-3-9-22-40)61-58(62-57)65-51-29-14-11-26-46(51)48-37-42(32-34-53(48)65)39-19-6-2-7-20-39/h1-37H. The first-order valence-corrected chi connectivity index (χ1v) is 21.8. The van der Waals surface area contributed by atoms with Crippen LogP contribution in [0.3, 0.4) is 0 Å². The predicted octanol–water partition coefficient (Wildman–Crippen LogP) is 14.1. The van der Waals surface area contributed by atoms with Crippen LogP contribution in [0.25, 0.3) is 117 Å². The SMILES string of the molecule is c1ccc(-c2ccc3c(c2)c2ccccc2n3-c2nc(-c3cccc(-n4c(-c5ccccc5)nc5ccccc54)c3)nc(-n3c4ccccc4c4cc(-c5ccccc5)ccc43)n2)cc1. The molecule has 0 radical (unpaired) electrons. The maximum absolute atomic E-state index is 5.46. The van der Waals surface area contributed by atoms with Gasteiger partial charge in [-0.25, -0.2) is 4.98 Å². The monoisotopic (exact) mass is 831 g/mol. The molecule has 0 saturated carbocycles. The fraction of sp³-hybridized carbons (Fsp3) is 0. The van der Waals surface area contributed by atoms with Crippen molar-refractivity contribution in [3.05, 3.63) is 224 Å². The zero-order valence-corrected chi connectivity index (χ0v) is 35.0. The van der Waals surface area contributed by atoms with Crippen molar-refractivity contribution in [2.75, 3.05) is 0 Å². The summed E-state index contributed by atoms with van der Waals surface area (Å²) in [4.78, 5) is 21.4. The number of imidazole rings is 1. The summed E-state index contributed by atoms with van der Waals surface area (Å²) in [7, 11) is 0. The van der Waals surface area contributed by atoms with Gasteiger partial charge in [-0.2, -0.15) is 15.0 Å². The van der Waals surface area contributed by atoms with Crippen molar-refractivity contribution < 1.29 is 0 Å². The number of benzene rings is 9. The predicted molar refractivity (Wildman–Crippen MR) is 265 cm³/mol. The molecule has 0 atom stereocenters. The molecule has 0 amide bonds. The third-order valence-corrected chi connectivity index (χ3v) is 12.5. The van der Waals surface area contributed by atoms with E-state index in [1.54, 1.807) is 0 Å². The molecular weight excluding hydrogens is 795 g/mol. The smallest absolute Gasteiger partial charge is 0.240 e. The highest BCUT2D eigenvalue weighted by Gasteiger charge is 2.22. The molecule has 7 nitrogen and oxygen atoms in total. The molecule has 0 fully saturated rings. The van der Waals surface area contributed by atoms with Gasteiger partial charge in [0.15, 0.2) is 5.82 Å². The van der Waals surface area contributed by atoms with Crippen molar-refractivity contribution >= 4 is 54.6 Å². The Balaban J connectivity index is 1.07. The molecule has 0 aliphatic rings. The third-order valence-electron chi connectivity index (χ3n) is 12.5. The van der Waals surface area contributed by atoms with Crippen molar-refractivity contribution in [3.63, 3.8) is 0 Å². The van der Waals surface area contributed by atoms with Crippen molar-refractivity contribution in [2.45, 2.75) is 0 Å². The maximum Gasteiger partial charge on any atom is 0.240 e. The normalized spacial score (nSPS) is 11.7. The van der Waals surface area contributed by atoms with Gasteiger partial charge in [0.25, 0.3) is 0 Å². The fourth-order valence-corrected chi connectivity index (χ4v) is 9.53. The lowest BCUT2D eigenvalue weighted by atomic mass is 10.0. The highest BCUT2D eigenvalue weighted by molar-refractivity contribution is 6.11. The molecule has 4 aromatic heterocycles. The lowest BCUT2D eigenvalue weighted by molar-refractivity contribution is 0.892. The van der Waals surface area contributed by atoms with Gasteiger partial charge in [-0.15, -0.1) is 0 Å². The van der Waals surface area contributed by atoms with Crippen molar-refractivity contribution in [1.29, 1.82) is 0 Å². The van der Waals surface area contributed by atoms with E-state index in [2.05, 4.69) is 226 Å². The first-order chi connectivity index (χ1) is 32.2. The second-order valence-corrected chi connectivity index (χ2v) is 16.3. The number of nitrogens with zero attached hydrogens (tertiary/aromatic N) is 7. The van der Waals surface area contributed by atoms with Crippen LogP contribution in [-0.2, 0) is 0 Å². The average molecular weight is 832 g/mol. The Kier molecular flexibility index (Phi) is 8.39. The highest BCUT2D eigenvalue weighted by atomic mass is 15.3. The minimum Gasteiger partial charge on any atom is -0.292 e. The fourth-order valence-electron chi connectivity index (χ4n) is 9.53. The molecule has 0 bridgehead atoms. The Morgan fingerprint density at radius 1 is 0.262 bits per heavy atom. The second-order valence-electron chi connectivity index (χ2n) is 16.3. The molecule has 0 aliphatic carbocycles. The van der Waals surface area contributed by atoms with Crippen LogP contribution in [0.4, 0.5) is 0 Å². The largest absolute Gasteiger partial charge is 0.292 e. The van der Waals surface area contributed by atoms with E-state index < -0.39 is 0 Å². The van der Waals surface area contributed by atoms with Gasteiger partial charge in [0.1, 0.15) is 5.82 Å². The molecule has 4 heterocycles. The molecule has 0 unspecified atom stereocenters. The average Bonchev–Trinajstić information content (AvgIpc) is 4.05. The summed E-state index contributed by atoms with van der Waals surface area (Å²) in [6, 6.07) is 78.6. The summed E-state index contributed by atoms with van der Waals surface area (Å²) in [5.41, 5.74) is 13.4. The number of fused-ring (bicyclic) bond motifs is 7. The number of rotatable bonds is 7. The summed E-state index contributed by atoms with van der Waals surface area (Å²) >= 11 is 0. The minimum absolute atomic E-state index is 0.527. The summed E-state index contributed by atoms with van der Waals surface area (Å²) < 4.78 is 6.61. The van der Waals surface area contributed by atoms with E-state index in [9.17, 15) is 0 Å². The van der Waals surface area contributed by atoms with Gasteiger partial charge in [0.2, 0.25) is 11.9 Å². The lowest BCUT2D eigenvalue weighted by Crippen LogP contribution is -2.10. The number of hydrogen-bond donors (Lipinski definition) is 0. The van der Waals surface area contributed by atoms with Gasteiger partial charge in [-0.05, 0) is 82.9 Å². The zero-order valence-electron chi connectivity index (χ0n) is 35.0. The summed E-state index contributed by atoms with van der Waals surface area (Å²) in [5, 5.41) is 4.49. The van der Waals surface area contributed by atoms with Crippen LogP contribution in [0.5, 0.6) is 0 Å². The van der Waals surface area contributed by atoms with E-state index >= 15 is 0 Å². The first kappa shape index (κ1) is 36.7. The topological polar surface area (TPSA) is 66.3 Å². The van der Waals surface area contributed by atoms with Gasteiger partial charge in [-0.3, -0.25) is 13.7 Å². The minimum atomic E-state index is 0.527. The molecule has 9 aromatic carbocycles. The van der Waals surface area contributed by atoms with Gasteiger partial charge >= 0.3 is 0 Å². The van der Waals surface area contributed by atoms with Gasteiger partial charge in [0.05, 0.1) is 33.1 Å². The van der Waals surface area contributed by atoms with Gasteiger partial charge in [0, 0.05) is 38.4 Å². The quantitative estimate of drug-likeness (QED) is 0.160. The van der Waals surface area contributed by atoms with E-state index in [1.807, 2.05) is 12.1 Å². The Bertz CT molecular complexity index is 3760. The van der Waals surface area contributed by atoms with Crippen LogP contribution in [0.1, 0.15) is 0 Å².